The van der Waals surface area contributed by atoms with Gasteiger partial charge in [-0.15, -0.1) is 0 Å². The maximum Gasteiger partial charge on any atom is 0.190 e. The molecule has 2 aromatic carbocycles. The molecule has 1 atom stereocenters. The fraction of sp³-hybridized carbons (Fsp3) is 0. The molecule has 0 radical (unpaired) electrons. The number of rotatable bonds is 2. The molecular weight excluding hydrogens is 312 g/mol. The lowest BCUT2D eigenvalue weighted by molar-refractivity contribution is 1.75. The van der Waals surface area contributed by atoms with Gasteiger partial charge < -0.3 is 0 Å². The smallest absolute Gasteiger partial charge is 0.0843 e. The first-order chi connectivity index (χ1) is 8.00. The van der Waals surface area contributed by atoms with Gasteiger partial charge in [-0.2, -0.15) is 0 Å². The normalized spacial score (nSPS) is 11.5. The third-order valence-electron chi connectivity index (χ3n) is 2.40. The predicted octanol–water partition coefficient (Wildman–Crippen LogP) is 4.91. The molecule has 0 aromatic heterocycles. The van der Waals surface area contributed by atoms with Gasteiger partial charge in [-0.25, -0.2) is 0 Å². The molecular formula is C12H10Cl3P2+. The van der Waals surface area contributed by atoms with E-state index in [1.807, 2.05) is 48.5 Å². The number of hydrogen-bond donors (Lipinski definition) is 0. The topological polar surface area (TPSA) is 0 Å². The van der Waals surface area contributed by atoms with E-state index in [2.05, 4.69) is 8.93 Å². The van der Waals surface area contributed by atoms with Crippen LogP contribution >= 0.6 is 49.7 Å². The van der Waals surface area contributed by atoms with Crippen molar-refractivity contribution in [3.63, 3.8) is 0 Å². The third-order valence-corrected chi connectivity index (χ3v) is 7.97. The van der Waals surface area contributed by atoms with Crippen LogP contribution < -0.4 is 10.6 Å². The van der Waals surface area contributed by atoms with Gasteiger partial charge in [0.15, 0.2) is 6.30 Å². The van der Waals surface area contributed by atoms with Crippen molar-refractivity contribution in [1.29, 1.82) is 0 Å². The first-order valence-electron chi connectivity index (χ1n) is 4.90. The fourth-order valence-electron chi connectivity index (χ4n) is 1.47. The van der Waals surface area contributed by atoms with Crippen LogP contribution in [0.4, 0.5) is 0 Å². The monoisotopic (exact) mass is 321 g/mol. The van der Waals surface area contributed by atoms with Crippen LogP contribution in [0.1, 0.15) is 0 Å². The molecule has 0 fully saturated rings. The molecule has 0 heterocycles. The van der Waals surface area contributed by atoms with Gasteiger partial charge in [-0.3, -0.25) is 0 Å². The number of benzene rings is 2. The summed E-state index contributed by atoms with van der Waals surface area (Å²) in [6.07, 6.45) is -1.92. The van der Waals surface area contributed by atoms with Crippen molar-refractivity contribution < 1.29 is 0 Å². The summed E-state index contributed by atoms with van der Waals surface area (Å²) in [4.78, 5) is 0. The van der Waals surface area contributed by atoms with E-state index in [0.29, 0.717) is 10.0 Å². The van der Waals surface area contributed by atoms with Gasteiger partial charge in [-0.05, 0) is 48.5 Å². The van der Waals surface area contributed by atoms with Crippen molar-refractivity contribution in [2.24, 2.45) is 0 Å². The lowest BCUT2D eigenvalue weighted by Crippen LogP contribution is -2.12. The molecule has 17 heavy (non-hydrogen) atoms. The van der Waals surface area contributed by atoms with Gasteiger partial charge in [0.2, 0.25) is 0 Å². The summed E-state index contributed by atoms with van der Waals surface area (Å²) >= 11 is 18.4. The van der Waals surface area contributed by atoms with Crippen LogP contribution in [-0.2, 0) is 0 Å². The third kappa shape index (κ3) is 3.14. The van der Waals surface area contributed by atoms with Gasteiger partial charge in [0, 0.05) is 10.0 Å². The van der Waals surface area contributed by atoms with Crippen molar-refractivity contribution in [3.05, 3.63) is 58.6 Å². The Hall–Kier alpha value is 0.170. The molecule has 0 amide bonds. The maximum atomic E-state index is 6.68. The second-order valence-electron chi connectivity index (χ2n) is 3.59. The minimum absolute atomic E-state index is 0.714. The molecule has 0 aliphatic carbocycles. The van der Waals surface area contributed by atoms with Gasteiger partial charge in [0.05, 0.1) is 8.93 Å². The van der Waals surface area contributed by atoms with E-state index >= 15 is 0 Å². The zero-order chi connectivity index (χ0) is 12.5. The van der Waals surface area contributed by atoms with E-state index < -0.39 is 6.30 Å². The summed E-state index contributed by atoms with van der Waals surface area (Å²) < 4.78 is 0. The van der Waals surface area contributed by atoms with E-state index in [-0.39, 0.29) is 0 Å². The van der Waals surface area contributed by atoms with Gasteiger partial charge in [0.1, 0.15) is 21.8 Å². The maximum absolute atomic E-state index is 6.68. The highest BCUT2D eigenvalue weighted by molar-refractivity contribution is 8.45. The molecule has 88 valence electrons. The standard InChI is InChI=1S/C12H10Cl3P2/c13-9-1-5-11(6-2-9)17(15,16)12-7-3-10(14)4-8-12/h1-8H,16H2/q+1. The number of hydrogen-bond acceptors (Lipinski definition) is 0. The minimum atomic E-state index is -1.92. The molecule has 2 aromatic rings. The van der Waals surface area contributed by atoms with Crippen LogP contribution in [0, 0.1) is 0 Å². The van der Waals surface area contributed by atoms with Crippen LogP contribution in [0.15, 0.2) is 48.5 Å². The summed E-state index contributed by atoms with van der Waals surface area (Å²) in [6.45, 7) is 0. The molecule has 0 N–H and O–H groups in total. The first kappa shape index (κ1) is 13.6. The molecule has 0 bridgehead atoms. The second-order valence-corrected chi connectivity index (χ2v) is 11.7. The molecule has 1 unspecified atom stereocenters. The summed E-state index contributed by atoms with van der Waals surface area (Å²) in [5.41, 5.74) is 0. The molecule has 0 spiro atoms. The van der Waals surface area contributed by atoms with Crippen LogP contribution in [0.25, 0.3) is 0 Å². The van der Waals surface area contributed by atoms with Crippen molar-refractivity contribution in [3.8, 4) is 0 Å². The highest BCUT2D eigenvalue weighted by Gasteiger charge is 2.36. The largest absolute Gasteiger partial charge is 0.190 e. The quantitative estimate of drug-likeness (QED) is 0.690. The summed E-state index contributed by atoms with van der Waals surface area (Å²) in [5, 5.41) is 3.59. The lowest BCUT2D eigenvalue weighted by Gasteiger charge is -2.13. The Balaban J connectivity index is 2.41. The Morgan fingerprint density at radius 2 is 1.00 bits per heavy atom. The van der Waals surface area contributed by atoms with E-state index in [9.17, 15) is 0 Å². The van der Waals surface area contributed by atoms with Crippen LogP contribution in [0.2, 0.25) is 10.0 Å². The van der Waals surface area contributed by atoms with Crippen LogP contribution in [0.3, 0.4) is 0 Å². The number of halogens is 3. The highest BCUT2D eigenvalue weighted by atomic mass is 35.7. The van der Waals surface area contributed by atoms with Crippen molar-refractivity contribution in [2.45, 2.75) is 0 Å². The molecule has 0 aliphatic rings. The SMILES string of the molecule is P[P+](Cl)(c1ccc(Cl)cc1)c1ccc(Cl)cc1. The van der Waals surface area contributed by atoms with Crippen molar-refractivity contribution in [1.82, 2.24) is 0 Å². The Kier molecular flexibility index (Phi) is 4.35. The second kappa shape index (κ2) is 5.43. The molecule has 0 nitrogen and oxygen atoms in total. The van der Waals surface area contributed by atoms with Crippen LogP contribution in [-0.4, -0.2) is 0 Å². The molecule has 0 saturated heterocycles. The van der Waals surface area contributed by atoms with E-state index in [4.69, 9.17) is 34.4 Å². The molecule has 5 heteroatoms. The predicted molar refractivity (Wildman–Crippen MR) is 84.7 cm³/mol. The summed E-state index contributed by atoms with van der Waals surface area (Å²) in [5.74, 6) is 0. The van der Waals surface area contributed by atoms with Crippen LogP contribution in [0.5, 0.6) is 0 Å². The molecule has 2 rings (SSSR count). The summed E-state index contributed by atoms with van der Waals surface area (Å²) in [7, 11) is 2.77. The highest BCUT2D eigenvalue weighted by Crippen LogP contribution is 2.68. The van der Waals surface area contributed by atoms with E-state index in [1.54, 1.807) is 0 Å². The van der Waals surface area contributed by atoms with E-state index in [1.165, 1.54) is 0 Å². The van der Waals surface area contributed by atoms with Crippen molar-refractivity contribution >= 4 is 60.3 Å². The minimum Gasteiger partial charge on any atom is -0.0843 e. The molecule has 0 saturated carbocycles. The van der Waals surface area contributed by atoms with Gasteiger partial charge in [0.25, 0.3) is 0 Å². The Bertz CT molecular complexity index is 459. The lowest BCUT2D eigenvalue weighted by atomic mass is 10.4. The Morgan fingerprint density at radius 3 is 1.29 bits per heavy atom. The first-order valence-corrected chi connectivity index (χ1v) is 9.96. The average molecular weight is 323 g/mol. The fourth-order valence-corrected chi connectivity index (χ4v) is 4.89. The Morgan fingerprint density at radius 1 is 0.706 bits per heavy atom. The van der Waals surface area contributed by atoms with Gasteiger partial charge >= 0.3 is 0 Å². The van der Waals surface area contributed by atoms with E-state index in [0.717, 1.165) is 10.6 Å². The zero-order valence-electron chi connectivity index (χ0n) is 8.78. The van der Waals surface area contributed by atoms with Crippen molar-refractivity contribution in [2.75, 3.05) is 0 Å². The molecule has 0 aliphatic heterocycles. The average Bonchev–Trinajstić information content (AvgIpc) is 2.30. The summed E-state index contributed by atoms with van der Waals surface area (Å²) in [6, 6.07) is 15.3. The Labute approximate surface area is 119 Å². The van der Waals surface area contributed by atoms with Gasteiger partial charge in [-0.1, -0.05) is 23.2 Å². The zero-order valence-corrected chi connectivity index (χ0v) is 13.1.